The highest BCUT2D eigenvalue weighted by molar-refractivity contribution is 7.90. The van der Waals surface area contributed by atoms with E-state index in [0.29, 0.717) is 24.5 Å². The van der Waals surface area contributed by atoms with Crippen molar-refractivity contribution in [1.29, 1.82) is 0 Å². The molecule has 23 heavy (non-hydrogen) atoms. The highest BCUT2D eigenvalue weighted by Crippen LogP contribution is 2.28. The molecule has 1 fully saturated rings. The number of hydrogen-bond acceptors (Lipinski definition) is 6. The van der Waals surface area contributed by atoms with Crippen molar-refractivity contribution >= 4 is 15.7 Å². The number of amides is 1. The van der Waals surface area contributed by atoms with Crippen LogP contribution in [0.25, 0.3) is 0 Å². The van der Waals surface area contributed by atoms with Gasteiger partial charge >= 0.3 is 0 Å². The Morgan fingerprint density at radius 3 is 2.96 bits per heavy atom. The summed E-state index contributed by atoms with van der Waals surface area (Å²) < 4.78 is 29.2. The third kappa shape index (κ3) is 3.10. The van der Waals surface area contributed by atoms with Crippen LogP contribution in [0.4, 0.5) is 0 Å². The van der Waals surface area contributed by atoms with E-state index >= 15 is 0 Å². The molecular weight excluding hydrogens is 320 g/mol. The summed E-state index contributed by atoms with van der Waals surface area (Å²) in [5, 5.41) is 6.51. The van der Waals surface area contributed by atoms with Crippen molar-refractivity contribution in [3.05, 3.63) is 42.0 Å². The molecule has 3 rings (SSSR count). The molecule has 1 aliphatic rings. The Labute approximate surface area is 133 Å². The molecule has 9 heteroatoms. The van der Waals surface area contributed by atoms with Gasteiger partial charge in [0.15, 0.2) is 9.84 Å². The molecule has 1 aliphatic heterocycles. The summed E-state index contributed by atoms with van der Waals surface area (Å²) in [7, 11) is -3.46. The normalized spacial score (nSPS) is 18.8. The second-order valence-corrected chi connectivity index (χ2v) is 7.21. The van der Waals surface area contributed by atoms with E-state index in [1.54, 1.807) is 29.3 Å². The fourth-order valence-electron chi connectivity index (χ4n) is 2.54. The van der Waals surface area contributed by atoms with E-state index in [9.17, 15) is 13.2 Å². The molecule has 2 aromatic heterocycles. The Morgan fingerprint density at radius 2 is 2.26 bits per heavy atom. The van der Waals surface area contributed by atoms with Crippen LogP contribution >= 0.6 is 0 Å². The minimum absolute atomic E-state index is 0.0758. The highest BCUT2D eigenvalue weighted by atomic mass is 32.2. The third-order valence-electron chi connectivity index (χ3n) is 3.64. The number of nitrogens with one attached hydrogen (secondary N) is 1. The second kappa shape index (κ2) is 6.09. The summed E-state index contributed by atoms with van der Waals surface area (Å²) >= 11 is 0. The Balaban J connectivity index is 1.97. The lowest BCUT2D eigenvalue weighted by molar-refractivity contribution is -0.00498. The van der Waals surface area contributed by atoms with Crippen LogP contribution in [-0.2, 0) is 14.6 Å². The van der Waals surface area contributed by atoms with Crippen molar-refractivity contribution in [3.8, 4) is 0 Å². The smallest absolute Gasteiger partial charge is 0.273 e. The lowest BCUT2D eigenvalue weighted by atomic mass is 10.1. The minimum Gasteiger partial charge on any atom is -0.377 e. The molecule has 0 saturated carbocycles. The number of hydrogen-bond donors (Lipinski definition) is 1. The first-order valence-corrected chi connectivity index (χ1v) is 8.90. The van der Waals surface area contributed by atoms with Gasteiger partial charge in [0.05, 0.1) is 31.1 Å². The molecule has 2 aromatic rings. The molecule has 0 unspecified atom stereocenters. The fraction of sp³-hybridized carbons (Fsp3) is 0.357. The average molecular weight is 336 g/mol. The van der Waals surface area contributed by atoms with E-state index < -0.39 is 15.9 Å². The largest absolute Gasteiger partial charge is 0.377 e. The van der Waals surface area contributed by atoms with Gasteiger partial charge in [-0.05, 0) is 12.1 Å². The molecule has 0 spiro atoms. The van der Waals surface area contributed by atoms with Crippen LogP contribution < -0.4 is 0 Å². The Morgan fingerprint density at radius 1 is 1.43 bits per heavy atom. The summed E-state index contributed by atoms with van der Waals surface area (Å²) in [6.45, 7) is 0.934. The molecule has 1 amide bonds. The predicted octanol–water partition coefficient (Wildman–Crippen LogP) is 0.422. The van der Waals surface area contributed by atoms with Gasteiger partial charge in [-0.3, -0.25) is 14.9 Å². The van der Waals surface area contributed by atoms with Gasteiger partial charge < -0.3 is 9.64 Å². The van der Waals surface area contributed by atoms with Crippen molar-refractivity contribution in [2.75, 3.05) is 26.0 Å². The SMILES string of the molecule is CS(=O)(=O)c1cn[nH]c1[C@H]1COCCN1C(=O)c1ccccn1. The summed E-state index contributed by atoms with van der Waals surface area (Å²) in [6.07, 6.45) is 3.90. The fourth-order valence-corrected chi connectivity index (χ4v) is 3.37. The molecule has 1 N–H and O–H groups in total. The van der Waals surface area contributed by atoms with E-state index in [4.69, 9.17) is 4.74 Å². The zero-order valence-electron chi connectivity index (χ0n) is 12.5. The van der Waals surface area contributed by atoms with Gasteiger partial charge in [-0.2, -0.15) is 5.10 Å². The molecule has 122 valence electrons. The Hall–Kier alpha value is -2.26. The van der Waals surface area contributed by atoms with Crippen LogP contribution in [-0.4, -0.2) is 60.4 Å². The highest BCUT2D eigenvalue weighted by Gasteiger charge is 2.34. The number of nitrogens with zero attached hydrogens (tertiary/aromatic N) is 3. The van der Waals surface area contributed by atoms with E-state index in [1.807, 2.05) is 0 Å². The molecule has 0 aromatic carbocycles. The maximum Gasteiger partial charge on any atom is 0.273 e. The summed E-state index contributed by atoms with van der Waals surface area (Å²) in [5.41, 5.74) is 0.663. The van der Waals surface area contributed by atoms with Crippen LogP contribution in [0.3, 0.4) is 0 Å². The standard InChI is InChI=1S/C14H16N4O4S/c1-23(20,21)12-8-16-17-13(12)11-9-22-7-6-18(11)14(19)10-4-2-3-5-15-10/h2-5,8,11H,6-7,9H2,1H3,(H,16,17)/t11-/m1/s1. The number of pyridine rings is 1. The van der Waals surface area contributed by atoms with Gasteiger partial charge in [0.1, 0.15) is 10.6 Å². The molecule has 1 atom stereocenters. The van der Waals surface area contributed by atoms with Crippen molar-refractivity contribution in [1.82, 2.24) is 20.1 Å². The van der Waals surface area contributed by atoms with E-state index in [1.165, 1.54) is 6.20 Å². The third-order valence-corrected chi connectivity index (χ3v) is 4.76. The van der Waals surface area contributed by atoms with E-state index in [2.05, 4.69) is 15.2 Å². The zero-order chi connectivity index (χ0) is 16.4. The number of carbonyl (C=O) groups excluding carboxylic acids is 1. The first-order valence-electron chi connectivity index (χ1n) is 7.01. The van der Waals surface area contributed by atoms with Crippen LogP contribution in [0.5, 0.6) is 0 Å². The summed E-state index contributed by atoms with van der Waals surface area (Å²) in [5.74, 6) is -0.270. The molecule has 0 aliphatic carbocycles. The first kappa shape index (κ1) is 15.6. The Bertz CT molecular complexity index is 803. The first-order chi connectivity index (χ1) is 11.0. The maximum absolute atomic E-state index is 12.7. The van der Waals surface area contributed by atoms with Crippen LogP contribution in [0, 0.1) is 0 Å². The van der Waals surface area contributed by atoms with Gasteiger partial charge in [-0.25, -0.2) is 8.42 Å². The van der Waals surface area contributed by atoms with E-state index in [-0.39, 0.29) is 17.4 Å². The van der Waals surface area contributed by atoms with Gasteiger partial charge in [-0.1, -0.05) is 6.07 Å². The van der Waals surface area contributed by atoms with Gasteiger partial charge in [-0.15, -0.1) is 0 Å². The number of aromatic amines is 1. The molecule has 0 bridgehead atoms. The van der Waals surface area contributed by atoms with Crippen molar-refractivity contribution < 1.29 is 17.9 Å². The quantitative estimate of drug-likeness (QED) is 0.871. The number of sulfone groups is 1. The molecule has 1 saturated heterocycles. The van der Waals surface area contributed by atoms with Gasteiger partial charge in [0, 0.05) is 19.0 Å². The molecule has 0 radical (unpaired) electrons. The van der Waals surface area contributed by atoms with Crippen molar-refractivity contribution in [3.63, 3.8) is 0 Å². The number of carbonyl (C=O) groups is 1. The number of ether oxygens (including phenoxy) is 1. The second-order valence-electron chi connectivity index (χ2n) is 5.22. The average Bonchev–Trinajstić information content (AvgIpc) is 3.05. The minimum atomic E-state index is -3.46. The molecular formula is C14H16N4O4S. The monoisotopic (exact) mass is 336 g/mol. The number of H-pyrrole nitrogens is 1. The lowest BCUT2D eigenvalue weighted by Crippen LogP contribution is -2.44. The number of morpholine rings is 1. The Kier molecular flexibility index (Phi) is 4.14. The van der Waals surface area contributed by atoms with Gasteiger partial charge in [0.2, 0.25) is 0 Å². The number of aromatic nitrogens is 3. The summed E-state index contributed by atoms with van der Waals surface area (Å²) in [6, 6.07) is 4.53. The lowest BCUT2D eigenvalue weighted by Gasteiger charge is -2.35. The van der Waals surface area contributed by atoms with E-state index in [0.717, 1.165) is 6.26 Å². The van der Waals surface area contributed by atoms with Crippen LogP contribution in [0.2, 0.25) is 0 Å². The van der Waals surface area contributed by atoms with Crippen LogP contribution in [0.15, 0.2) is 35.5 Å². The number of rotatable bonds is 3. The maximum atomic E-state index is 12.7. The van der Waals surface area contributed by atoms with Gasteiger partial charge in [0.25, 0.3) is 5.91 Å². The zero-order valence-corrected chi connectivity index (χ0v) is 13.3. The summed E-state index contributed by atoms with van der Waals surface area (Å²) in [4.78, 5) is 18.4. The van der Waals surface area contributed by atoms with Crippen LogP contribution in [0.1, 0.15) is 22.2 Å². The van der Waals surface area contributed by atoms with Crippen molar-refractivity contribution in [2.45, 2.75) is 10.9 Å². The predicted molar refractivity (Wildman–Crippen MR) is 80.5 cm³/mol. The van der Waals surface area contributed by atoms with Crippen molar-refractivity contribution in [2.24, 2.45) is 0 Å². The topological polar surface area (TPSA) is 105 Å². The molecule has 3 heterocycles. The molecule has 8 nitrogen and oxygen atoms in total.